The monoisotopic (exact) mass is 362 g/mol. The standard InChI is InChI=1S/C17H19ClN4O3/c1-11-7-12(2)16(13(18)8-11)21-14(23)10-25-15(24)9-22(3)17-19-5-4-6-20-17/h4-8H,9-10H2,1-3H3,(H,21,23). The van der Waals surface area contributed by atoms with Gasteiger partial charge in [0.05, 0.1) is 10.7 Å². The molecule has 0 radical (unpaired) electrons. The molecule has 0 saturated carbocycles. The lowest BCUT2D eigenvalue weighted by atomic mass is 10.1. The normalized spacial score (nSPS) is 10.2. The van der Waals surface area contributed by atoms with Crippen LogP contribution in [0, 0.1) is 13.8 Å². The molecule has 0 saturated heterocycles. The third-order valence-corrected chi connectivity index (χ3v) is 3.62. The smallest absolute Gasteiger partial charge is 0.326 e. The highest BCUT2D eigenvalue weighted by molar-refractivity contribution is 6.34. The molecule has 1 aromatic heterocycles. The second-order valence-electron chi connectivity index (χ2n) is 5.55. The van der Waals surface area contributed by atoms with Crippen molar-refractivity contribution in [1.29, 1.82) is 0 Å². The number of likely N-dealkylation sites (N-methyl/N-ethyl adjacent to an activating group) is 1. The number of esters is 1. The maximum Gasteiger partial charge on any atom is 0.326 e. The molecule has 0 aliphatic heterocycles. The fraction of sp³-hybridized carbons (Fsp3) is 0.294. The molecule has 1 amide bonds. The van der Waals surface area contributed by atoms with Gasteiger partial charge in [0.1, 0.15) is 6.54 Å². The van der Waals surface area contributed by atoms with E-state index in [1.165, 1.54) is 4.90 Å². The summed E-state index contributed by atoms with van der Waals surface area (Å²) in [7, 11) is 1.66. The van der Waals surface area contributed by atoms with Gasteiger partial charge < -0.3 is 15.0 Å². The molecule has 1 aromatic carbocycles. The van der Waals surface area contributed by atoms with E-state index >= 15 is 0 Å². The van der Waals surface area contributed by atoms with Crippen LogP contribution in [0.2, 0.25) is 5.02 Å². The Bertz CT molecular complexity index is 745. The van der Waals surface area contributed by atoms with Gasteiger partial charge in [0.2, 0.25) is 5.95 Å². The van der Waals surface area contributed by atoms with Crippen LogP contribution in [0.4, 0.5) is 11.6 Å². The van der Waals surface area contributed by atoms with Gasteiger partial charge >= 0.3 is 5.97 Å². The topological polar surface area (TPSA) is 84.4 Å². The van der Waals surface area contributed by atoms with Crippen LogP contribution in [0.3, 0.4) is 0 Å². The first-order valence-corrected chi connectivity index (χ1v) is 7.95. The zero-order valence-corrected chi connectivity index (χ0v) is 15.0. The predicted molar refractivity (Wildman–Crippen MR) is 95.8 cm³/mol. The molecule has 8 heteroatoms. The van der Waals surface area contributed by atoms with Crippen LogP contribution in [0.25, 0.3) is 0 Å². The minimum atomic E-state index is -0.558. The highest BCUT2D eigenvalue weighted by atomic mass is 35.5. The van der Waals surface area contributed by atoms with Crippen molar-refractivity contribution in [2.75, 3.05) is 30.4 Å². The number of carbonyl (C=O) groups is 2. The molecule has 7 nitrogen and oxygen atoms in total. The Kier molecular flexibility index (Phi) is 6.30. The Morgan fingerprint density at radius 3 is 2.56 bits per heavy atom. The summed E-state index contributed by atoms with van der Waals surface area (Å²) in [5.74, 6) is -0.622. The minimum absolute atomic E-state index is 0.0678. The summed E-state index contributed by atoms with van der Waals surface area (Å²) in [5, 5.41) is 3.10. The zero-order valence-electron chi connectivity index (χ0n) is 14.2. The molecule has 0 aliphatic carbocycles. The summed E-state index contributed by atoms with van der Waals surface area (Å²) in [6, 6.07) is 5.34. The van der Waals surface area contributed by atoms with Crippen molar-refractivity contribution in [2.24, 2.45) is 0 Å². The van der Waals surface area contributed by atoms with E-state index in [4.69, 9.17) is 16.3 Å². The van der Waals surface area contributed by atoms with E-state index in [-0.39, 0.29) is 6.54 Å². The van der Waals surface area contributed by atoms with Gasteiger partial charge in [0.15, 0.2) is 6.61 Å². The van der Waals surface area contributed by atoms with Crippen molar-refractivity contribution in [3.8, 4) is 0 Å². The lowest BCUT2D eigenvalue weighted by molar-refractivity contribution is -0.145. The van der Waals surface area contributed by atoms with E-state index in [0.29, 0.717) is 16.7 Å². The van der Waals surface area contributed by atoms with E-state index in [0.717, 1.165) is 11.1 Å². The van der Waals surface area contributed by atoms with Crippen LogP contribution >= 0.6 is 11.6 Å². The van der Waals surface area contributed by atoms with Gasteiger partial charge in [0, 0.05) is 19.4 Å². The van der Waals surface area contributed by atoms with Gasteiger partial charge in [-0.1, -0.05) is 17.7 Å². The van der Waals surface area contributed by atoms with Crippen LogP contribution in [-0.2, 0) is 14.3 Å². The SMILES string of the molecule is Cc1cc(C)c(NC(=O)COC(=O)CN(C)c2ncccn2)c(Cl)c1. The average molecular weight is 363 g/mol. The molecule has 1 N–H and O–H groups in total. The van der Waals surface area contributed by atoms with Gasteiger partial charge in [-0.05, 0) is 37.1 Å². The molecule has 132 valence electrons. The Hall–Kier alpha value is -2.67. The van der Waals surface area contributed by atoms with Gasteiger partial charge in [-0.3, -0.25) is 9.59 Å². The number of hydrogen-bond donors (Lipinski definition) is 1. The lowest BCUT2D eigenvalue weighted by Gasteiger charge is -2.16. The highest BCUT2D eigenvalue weighted by Crippen LogP contribution is 2.27. The molecule has 0 bridgehead atoms. The van der Waals surface area contributed by atoms with E-state index in [2.05, 4.69) is 15.3 Å². The van der Waals surface area contributed by atoms with Crippen molar-refractivity contribution in [1.82, 2.24) is 9.97 Å². The Balaban J connectivity index is 1.85. The number of carbonyl (C=O) groups excluding carboxylic acids is 2. The number of amides is 1. The quantitative estimate of drug-likeness (QED) is 0.794. The average Bonchev–Trinajstić information content (AvgIpc) is 2.57. The maximum atomic E-state index is 12.0. The van der Waals surface area contributed by atoms with Gasteiger partial charge in [-0.25, -0.2) is 9.97 Å². The van der Waals surface area contributed by atoms with E-state index in [9.17, 15) is 9.59 Å². The number of hydrogen-bond acceptors (Lipinski definition) is 6. The number of benzene rings is 1. The highest BCUT2D eigenvalue weighted by Gasteiger charge is 2.14. The molecule has 2 aromatic rings. The number of anilines is 2. The summed E-state index contributed by atoms with van der Waals surface area (Å²) >= 11 is 6.14. The number of nitrogens with zero attached hydrogens (tertiary/aromatic N) is 3. The number of ether oxygens (including phenoxy) is 1. The molecule has 0 atom stereocenters. The van der Waals surface area contributed by atoms with E-state index < -0.39 is 18.5 Å². The van der Waals surface area contributed by atoms with Crippen molar-refractivity contribution >= 4 is 35.1 Å². The summed E-state index contributed by atoms with van der Waals surface area (Å²) in [6.07, 6.45) is 3.15. The third kappa shape index (κ3) is 5.42. The molecule has 1 heterocycles. The first-order valence-electron chi connectivity index (χ1n) is 7.57. The molecule has 0 aliphatic rings. The minimum Gasteiger partial charge on any atom is -0.454 e. The van der Waals surface area contributed by atoms with Gasteiger partial charge in [-0.2, -0.15) is 0 Å². The molecule has 0 spiro atoms. The van der Waals surface area contributed by atoms with Crippen LogP contribution in [0.1, 0.15) is 11.1 Å². The molecule has 2 rings (SSSR count). The maximum absolute atomic E-state index is 12.0. The van der Waals surface area contributed by atoms with Gasteiger partial charge in [0.25, 0.3) is 5.91 Å². The fourth-order valence-electron chi connectivity index (χ4n) is 2.19. The Morgan fingerprint density at radius 1 is 1.24 bits per heavy atom. The van der Waals surface area contributed by atoms with Crippen LogP contribution in [-0.4, -0.2) is 42.0 Å². The Morgan fingerprint density at radius 2 is 1.92 bits per heavy atom. The predicted octanol–water partition coefficient (Wildman–Crippen LogP) is 2.36. The zero-order chi connectivity index (χ0) is 18.4. The number of rotatable bonds is 6. The summed E-state index contributed by atoms with van der Waals surface area (Å²) in [6.45, 7) is 3.29. The molecule has 0 fully saturated rings. The molecular weight excluding hydrogens is 344 g/mol. The lowest BCUT2D eigenvalue weighted by Crippen LogP contribution is -2.30. The van der Waals surface area contributed by atoms with Crippen LogP contribution < -0.4 is 10.2 Å². The first kappa shape index (κ1) is 18.7. The first-order chi connectivity index (χ1) is 11.9. The second kappa shape index (κ2) is 8.43. The summed E-state index contributed by atoms with van der Waals surface area (Å²) in [5.41, 5.74) is 2.35. The van der Waals surface area contributed by atoms with Crippen molar-refractivity contribution in [2.45, 2.75) is 13.8 Å². The summed E-state index contributed by atoms with van der Waals surface area (Å²) < 4.78 is 4.98. The fourth-order valence-corrected chi connectivity index (χ4v) is 2.56. The van der Waals surface area contributed by atoms with E-state index in [1.807, 2.05) is 19.9 Å². The molecule has 0 unspecified atom stereocenters. The molecular formula is C17H19ClN4O3. The van der Waals surface area contributed by atoms with Crippen molar-refractivity contribution in [3.63, 3.8) is 0 Å². The second-order valence-corrected chi connectivity index (χ2v) is 5.96. The Labute approximate surface area is 151 Å². The molecule has 25 heavy (non-hydrogen) atoms. The third-order valence-electron chi connectivity index (χ3n) is 3.32. The number of halogens is 1. The van der Waals surface area contributed by atoms with E-state index in [1.54, 1.807) is 31.6 Å². The van der Waals surface area contributed by atoms with Crippen molar-refractivity contribution < 1.29 is 14.3 Å². The van der Waals surface area contributed by atoms with Gasteiger partial charge in [-0.15, -0.1) is 0 Å². The largest absolute Gasteiger partial charge is 0.454 e. The van der Waals surface area contributed by atoms with Crippen molar-refractivity contribution in [3.05, 3.63) is 46.7 Å². The summed E-state index contributed by atoms with van der Waals surface area (Å²) in [4.78, 5) is 33.4. The van der Waals surface area contributed by atoms with Crippen LogP contribution in [0.15, 0.2) is 30.6 Å². The van der Waals surface area contributed by atoms with Crippen LogP contribution in [0.5, 0.6) is 0 Å². The number of aryl methyl sites for hydroxylation is 2. The number of nitrogens with one attached hydrogen (secondary N) is 1. The number of aromatic nitrogens is 2.